The summed E-state index contributed by atoms with van der Waals surface area (Å²) in [7, 11) is -1.31. The Morgan fingerprint density at radius 1 is 0.933 bits per heavy atom. The summed E-state index contributed by atoms with van der Waals surface area (Å²) in [5.74, 6) is 0. The molecule has 0 fully saturated rings. The normalized spacial score (nSPS) is 15.3. The Bertz CT molecular complexity index is 470. The number of hydrogen-bond acceptors (Lipinski definition) is 1. The van der Waals surface area contributed by atoms with E-state index in [1.807, 2.05) is 48.5 Å². The van der Waals surface area contributed by atoms with E-state index in [1.165, 1.54) is 0 Å². The minimum absolute atomic E-state index is 0.700. The molecule has 2 atom stereocenters. The van der Waals surface area contributed by atoms with Crippen LogP contribution in [-0.2, 0) is 16.5 Å². The van der Waals surface area contributed by atoms with E-state index in [9.17, 15) is 4.21 Å². The first-order valence-electron chi connectivity index (χ1n) is 5.29. The second-order valence-corrected chi connectivity index (χ2v) is 4.44. The molecule has 2 heteroatoms. The zero-order valence-corrected chi connectivity index (χ0v) is 8.98. The van der Waals surface area contributed by atoms with E-state index >= 15 is 0 Å². The van der Waals surface area contributed by atoms with Crippen LogP contribution >= 0.6 is 0 Å². The maximum atomic E-state index is 12.1. The van der Waals surface area contributed by atoms with E-state index in [0.29, 0.717) is 4.90 Å². The van der Waals surface area contributed by atoms with Crippen LogP contribution in [0.4, 0.5) is 0 Å². The van der Waals surface area contributed by atoms with Crippen LogP contribution in [0, 0.1) is 0 Å². The van der Waals surface area contributed by atoms with Gasteiger partial charge in [0.2, 0.25) is 0 Å². The zero-order valence-electron chi connectivity index (χ0n) is 9.17. The van der Waals surface area contributed by atoms with E-state index in [2.05, 4.69) is 0 Å². The van der Waals surface area contributed by atoms with Crippen molar-refractivity contribution >= 4 is 10.8 Å². The average Bonchev–Trinajstić information content (AvgIpc) is 2.39. The summed E-state index contributed by atoms with van der Waals surface area (Å²) < 4.78 is 20.0. The third-order valence-corrected chi connectivity index (χ3v) is 3.24. The lowest BCUT2D eigenvalue weighted by atomic mass is 10.2. The molecule has 0 saturated heterocycles. The number of benzene rings is 2. The molecule has 0 spiro atoms. The Kier molecular flexibility index (Phi) is 2.89. The predicted octanol–water partition coefficient (Wildman–Crippen LogP) is 2.99. The van der Waals surface area contributed by atoms with E-state index < -0.39 is 16.5 Å². The summed E-state index contributed by atoms with van der Waals surface area (Å²) in [4.78, 5) is 0.700. The molecule has 0 heterocycles. The molecule has 0 aromatic heterocycles. The minimum atomic E-state index is -1.31. The standard InChI is InChI=1S/C13H12OS/c14-15(13-9-5-2-6-10-13)11-12-7-3-1-4-8-12/h1-10H,11H2/t15-/m0/s1/i11D/t11-,15-. The summed E-state index contributed by atoms with van der Waals surface area (Å²) in [5, 5.41) is 0. The first kappa shape index (κ1) is 8.86. The quantitative estimate of drug-likeness (QED) is 0.772. The van der Waals surface area contributed by atoms with Gasteiger partial charge in [0.1, 0.15) is 0 Å². The van der Waals surface area contributed by atoms with Crippen molar-refractivity contribution in [3.8, 4) is 0 Å². The second kappa shape index (κ2) is 4.89. The fourth-order valence-corrected chi connectivity index (χ4v) is 2.24. The average molecular weight is 217 g/mol. The fraction of sp³-hybridized carbons (Fsp3) is 0.0769. The van der Waals surface area contributed by atoms with Crippen molar-refractivity contribution in [2.24, 2.45) is 0 Å². The van der Waals surface area contributed by atoms with Crippen molar-refractivity contribution in [1.82, 2.24) is 0 Å². The monoisotopic (exact) mass is 217 g/mol. The van der Waals surface area contributed by atoms with Gasteiger partial charge in [-0.2, -0.15) is 0 Å². The van der Waals surface area contributed by atoms with Gasteiger partial charge in [-0.25, -0.2) is 0 Å². The maximum absolute atomic E-state index is 12.1. The molecule has 2 aromatic carbocycles. The summed E-state index contributed by atoms with van der Waals surface area (Å²) in [6.07, 6.45) is 0. The molecule has 0 aliphatic rings. The van der Waals surface area contributed by atoms with Gasteiger partial charge < -0.3 is 0 Å². The molecule has 0 aliphatic heterocycles. The predicted molar refractivity (Wildman–Crippen MR) is 63.0 cm³/mol. The van der Waals surface area contributed by atoms with Crippen LogP contribution < -0.4 is 0 Å². The van der Waals surface area contributed by atoms with Crippen LogP contribution in [0.25, 0.3) is 0 Å². The summed E-state index contributed by atoms with van der Waals surface area (Å²) >= 11 is 0. The summed E-state index contributed by atoms with van der Waals surface area (Å²) in [6.45, 7) is 0. The van der Waals surface area contributed by atoms with Crippen LogP contribution in [0.5, 0.6) is 0 Å². The van der Waals surface area contributed by atoms with Gasteiger partial charge in [-0.3, -0.25) is 4.21 Å². The third kappa shape index (κ3) is 2.77. The maximum Gasteiger partial charge on any atom is 0.0574 e. The van der Waals surface area contributed by atoms with Crippen LogP contribution in [0.15, 0.2) is 65.6 Å². The Labute approximate surface area is 93.6 Å². The topological polar surface area (TPSA) is 17.1 Å². The van der Waals surface area contributed by atoms with Gasteiger partial charge in [0, 0.05) is 6.27 Å². The third-order valence-electron chi connectivity index (χ3n) is 2.02. The fourth-order valence-electron chi connectivity index (χ4n) is 1.28. The lowest BCUT2D eigenvalue weighted by Crippen LogP contribution is -1.95. The molecule has 2 aromatic rings. The lowest BCUT2D eigenvalue weighted by Gasteiger charge is -2.01. The van der Waals surface area contributed by atoms with Gasteiger partial charge in [-0.1, -0.05) is 48.5 Å². The molecule has 0 N–H and O–H groups in total. The Hall–Kier alpha value is -1.41. The van der Waals surface area contributed by atoms with Crippen molar-refractivity contribution < 1.29 is 5.58 Å². The van der Waals surface area contributed by atoms with Gasteiger partial charge >= 0.3 is 0 Å². The molecule has 0 bridgehead atoms. The van der Waals surface area contributed by atoms with Gasteiger partial charge in [-0.15, -0.1) is 0 Å². The van der Waals surface area contributed by atoms with Gasteiger partial charge in [0.15, 0.2) is 0 Å². The number of rotatable bonds is 3. The first-order chi connectivity index (χ1) is 7.79. The van der Waals surface area contributed by atoms with Gasteiger partial charge in [-0.05, 0) is 17.7 Å². The molecule has 0 radical (unpaired) electrons. The highest BCUT2D eigenvalue weighted by Crippen LogP contribution is 2.11. The molecule has 0 aliphatic carbocycles. The Balaban J connectivity index is 2.24. The van der Waals surface area contributed by atoms with Crippen LogP contribution in [0.1, 0.15) is 6.93 Å². The highest BCUT2D eigenvalue weighted by molar-refractivity contribution is 7.84. The molecule has 0 saturated carbocycles. The van der Waals surface area contributed by atoms with Crippen LogP contribution in [0.2, 0.25) is 0 Å². The number of hydrogen-bond donors (Lipinski definition) is 0. The van der Waals surface area contributed by atoms with Crippen LogP contribution in [0.3, 0.4) is 0 Å². The van der Waals surface area contributed by atoms with Crippen LogP contribution in [-0.4, -0.2) is 4.21 Å². The lowest BCUT2D eigenvalue weighted by molar-refractivity contribution is 0.682. The largest absolute Gasteiger partial charge is 0.254 e. The van der Waals surface area contributed by atoms with Gasteiger partial charge in [0.05, 0.1) is 16.5 Å². The molecule has 2 rings (SSSR count). The van der Waals surface area contributed by atoms with Crippen molar-refractivity contribution in [2.75, 3.05) is 0 Å². The molecule has 15 heavy (non-hydrogen) atoms. The van der Waals surface area contributed by atoms with E-state index in [-0.39, 0.29) is 0 Å². The van der Waals surface area contributed by atoms with Crippen molar-refractivity contribution in [3.63, 3.8) is 0 Å². The SMILES string of the molecule is [2H][C@@H](c1ccccc1)[S@](=O)c1ccccc1. The Morgan fingerprint density at radius 2 is 1.47 bits per heavy atom. The first-order valence-corrected chi connectivity index (χ1v) is 5.93. The molecule has 1 nitrogen and oxygen atoms in total. The molecule has 0 amide bonds. The highest BCUT2D eigenvalue weighted by Gasteiger charge is 2.03. The Morgan fingerprint density at radius 3 is 2.07 bits per heavy atom. The molecular formula is C13H12OS. The summed E-state index contributed by atoms with van der Waals surface area (Å²) in [6, 6.07) is 18.4. The molecular weight excluding hydrogens is 204 g/mol. The molecule has 76 valence electrons. The van der Waals surface area contributed by atoms with Crippen molar-refractivity contribution in [1.29, 1.82) is 0 Å². The second-order valence-electron chi connectivity index (χ2n) is 3.14. The smallest absolute Gasteiger partial charge is 0.0574 e. The van der Waals surface area contributed by atoms with Crippen molar-refractivity contribution in [2.45, 2.75) is 10.6 Å². The van der Waals surface area contributed by atoms with Crippen molar-refractivity contribution in [3.05, 3.63) is 66.2 Å². The minimum Gasteiger partial charge on any atom is -0.254 e. The highest BCUT2D eigenvalue weighted by atomic mass is 32.2. The van der Waals surface area contributed by atoms with E-state index in [1.54, 1.807) is 12.1 Å². The summed E-state index contributed by atoms with van der Waals surface area (Å²) in [5.41, 5.74) is 0.0632. The zero-order chi connectivity index (χ0) is 11.4. The van der Waals surface area contributed by atoms with E-state index in [4.69, 9.17) is 1.37 Å². The molecule has 0 unspecified atom stereocenters. The van der Waals surface area contributed by atoms with E-state index in [0.717, 1.165) is 5.56 Å². The van der Waals surface area contributed by atoms with Gasteiger partial charge in [0.25, 0.3) is 0 Å².